The zero-order chi connectivity index (χ0) is 20.3. The topological polar surface area (TPSA) is 99.9 Å². The van der Waals surface area contributed by atoms with Crippen LogP contribution in [0, 0.1) is 34.0 Å². The molecule has 0 amide bonds. The Morgan fingerprint density at radius 1 is 1.29 bits per heavy atom. The van der Waals surface area contributed by atoms with Crippen LogP contribution in [0.2, 0.25) is 0 Å². The van der Waals surface area contributed by atoms with Crippen LogP contribution in [0.1, 0.15) is 51.0 Å². The largest absolute Gasteiger partial charge is 0.464 e. The molecule has 0 unspecified atom stereocenters. The number of esters is 1. The average molecular weight is 375 g/mol. The number of rotatable bonds is 4. The summed E-state index contributed by atoms with van der Waals surface area (Å²) < 4.78 is 5.32. The van der Waals surface area contributed by atoms with Crippen molar-refractivity contribution in [1.29, 1.82) is 10.5 Å². The molecule has 0 aromatic heterocycles. The molecule has 28 heavy (non-hydrogen) atoms. The molecule has 1 aromatic carbocycles. The van der Waals surface area contributed by atoms with Crippen molar-refractivity contribution in [2.24, 2.45) is 17.1 Å². The predicted octanol–water partition coefficient (Wildman–Crippen LogP) is 4.10. The van der Waals surface area contributed by atoms with Crippen LogP contribution in [0.5, 0.6) is 0 Å². The first kappa shape index (κ1) is 19.7. The first-order valence-electron chi connectivity index (χ1n) is 9.81. The highest BCUT2D eigenvalue weighted by atomic mass is 16.5. The second kappa shape index (κ2) is 7.90. The molecule has 0 aliphatic heterocycles. The van der Waals surface area contributed by atoms with Crippen molar-refractivity contribution < 1.29 is 9.53 Å². The molecule has 0 radical (unpaired) electrons. The summed E-state index contributed by atoms with van der Waals surface area (Å²) in [6.45, 7) is 3.99. The van der Waals surface area contributed by atoms with Gasteiger partial charge < -0.3 is 10.5 Å². The van der Waals surface area contributed by atoms with Crippen molar-refractivity contribution in [3.63, 3.8) is 0 Å². The number of ether oxygens (including phenoxy) is 1. The Bertz CT molecular complexity index is 917. The highest BCUT2D eigenvalue weighted by Crippen LogP contribution is 2.56. The highest BCUT2D eigenvalue weighted by Gasteiger charge is 2.57. The lowest BCUT2D eigenvalue weighted by Crippen LogP contribution is -2.46. The first-order valence-corrected chi connectivity index (χ1v) is 9.81. The standard InChI is InChI=1S/C23H25N3O2/c1-3-15-10-11-17-18(12-15)20(16-8-6-5-7-9-16)23(14-25,22(27)28-4-2)21(26)19(17)13-24/h5-9,15,20H,3-4,10-12,26H2,1-2H3/t15-,20+,23+/m0/s1. The second-order valence-corrected chi connectivity index (χ2v) is 7.41. The second-order valence-electron chi connectivity index (χ2n) is 7.41. The molecule has 0 bridgehead atoms. The van der Waals surface area contributed by atoms with E-state index in [1.165, 1.54) is 0 Å². The smallest absolute Gasteiger partial charge is 0.333 e. The molecule has 0 heterocycles. The molecule has 3 atom stereocenters. The summed E-state index contributed by atoms with van der Waals surface area (Å²) in [6.07, 6.45) is 3.49. The van der Waals surface area contributed by atoms with Crippen LogP contribution in [0.3, 0.4) is 0 Å². The molecule has 2 aliphatic rings. The van der Waals surface area contributed by atoms with Crippen LogP contribution in [-0.4, -0.2) is 12.6 Å². The van der Waals surface area contributed by atoms with Crippen LogP contribution in [0.15, 0.2) is 52.7 Å². The van der Waals surface area contributed by atoms with E-state index in [0.29, 0.717) is 5.92 Å². The molecular weight excluding hydrogens is 350 g/mol. The van der Waals surface area contributed by atoms with Gasteiger partial charge in [-0.1, -0.05) is 49.2 Å². The third kappa shape index (κ3) is 2.88. The fourth-order valence-corrected chi connectivity index (χ4v) is 4.62. The Balaban J connectivity index is 2.33. The van der Waals surface area contributed by atoms with Crippen molar-refractivity contribution >= 4 is 5.97 Å². The summed E-state index contributed by atoms with van der Waals surface area (Å²) in [7, 11) is 0. The Morgan fingerprint density at radius 3 is 2.57 bits per heavy atom. The summed E-state index contributed by atoms with van der Waals surface area (Å²) in [6, 6.07) is 13.9. The number of hydrogen-bond acceptors (Lipinski definition) is 5. The molecule has 0 saturated heterocycles. The van der Waals surface area contributed by atoms with Crippen molar-refractivity contribution in [2.75, 3.05) is 6.61 Å². The molecule has 5 nitrogen and oxygen atoms in total. The molecule has 3 rings (SSSR count). The van der Waals surface area contributed by atoms with Gasteiger partial charge in [-0.15, -0.1) is 0 Å². The lowest BCUT2D eigenvalue weighted by atomic mass is 9.58. The van der Waals surface area contributed by atoms with E-state index in [4.69, 9.17) is 10.5 Å². The number of carbonyl (C=O) groups is 1. The zero-order valence-corrected chi connectivity index (χ0v) is 16.4. The Kier molecular flexibility index (Phi) is 5.56. The summed E-state index contributed by atoms with van der Waals surface area (Å²) in [5.74, 6) is -0.760. The van der Waals surface area contributed by atoms with E-state index < -0.39 is 17.3 Å². The number of nitrogens with zero attached hydrogens (tertiary/aromatic N) is 2. The molecule has 0 saturated carbocycles. The fourth-order valence-electron chi connectivity index (χ4n) is 4.62. The Labute approximate surface area is 166 Å². The van der Waals surface area contributed by atoms with E-state index >= 15 is 0 Å². The van der Waals surface area contributed by atoms with E-state index in [0.717, 1.165) is 42.4 Å². The first-order chi connectivity index (χ1) is 13.5. The van der Waals surface area contributed by atoms with E-state index in [9.17, 15) is 15.3 Å². The average Bonchev–Trinajstić information content (AvgIpc) is 2.73. The van der Waals surface area contributed by atoms with Gasteiger partial charge in [0.05, 0.1) is 23.9 Å². The van der Waals surface area contributed by atoms with E-state index in [1.54, 1.807) is 6.92 Å². The monoisotopic (exact) mass is 375 g/mol. The number of hydrogen-bond donors (Lipinski definition) is 1. The highest BCUT2D eigenvalue weighted by molar-refractivity contribution is 5.88. The number of nitrogens with two attached hydrogens (primary N) is 1. The number of benzene rings is 1. The SMILES string of the molecule is CCOC(=O)[C@@]1(C#N)C(N)=C(C#N)C2=C(C[C@@H](CC)CC2)[C@H]1c1ccccc1. The molecule has 1 aromatic rings. The van der Waals surface area contributed by atoms with Crippen LogP contribution >= 0.6 is 0 Å². The van der Waals surface area contributed by atoms with E-state index in [1.807, 2.05) is 30.3 Å². The molecule has 144 valence electrons. The molecule has 5 heteroatoms. The summed E-state index contributed by atoms with van der Waals surface area (Å²) in [5.41, 5.74) is 7.75. The van der Waals surface area contributed by atoms with Gasteiger partial charge in [0.1, 0.15) is 6.07 Å². The quantitative estimate of drug-likeness (QED) is 0.799. The van der Waals surface area contributed by atoms with Gasteiger partial charge in [0.2, 0.25) is 5.41 Å². The minimum absolute atomic E-state index is 0.0264. The van der Waals surface area contributed by atoms with Gasteiger partial charge >= 0.3 is 5.97 Å². The third-order valence-electron chi connectivity index (χ3n) is 6.07. The van der Waals surface area contributed by atoms with Crippen LogP contribution in [-0.2, 0) is 9.53 Å². The van der Waals surface area contributed by atoms with Crippen LogP contribution in [0.4, 0.5) is 0 Å². The van der Waals surface area contributed by atoms with Gasteiger partial charge in [-0.05, 0) is 43.2 Å². The number of carbonyl (C=O) groups excluding carboxylic acids is 1. The molecule has 0 spiro atoms. The minimum Gasteiger partial charge on any atom is -0.464 e. The van der Waals surface area contributed by atoms with Gasteiger partial charge in [0.15, 0.2) is 0 Å². The molecular formula is C23H25N3O2. The summed E-state index contributed by atoms with van der Waals surface area (Å²) in [4.78, 5) is 13.1. The van der Waals surface area contributed by atoms with Crippen molar-refractivity contribution in [3.05, 3.63) is 58.3 Å². The fraction of sp³-hybridized carbons (Fsp3) is 0.435. The third-order valence-corrected chi connectivity index (χ3v) is 6.07. The maximum Gasteiger partial charge on any atom is 0.333 e. The van der Waals surface area contributed by atoms with Crippen molar-refractivity contribution in [2.45, 2.75) is 45.4 Å². The van der Waals surface area contributed by atoms with Crippen molar-refractivity contribution in [3.8, 4) is 12.1 Å². The van der Waals surface area contributed by atoms with Crippen molar-refractivity contribution in [1.82, 2.24) is 0 Å². The predicted molar refractivity (Wildman–Crippen MR) is 105 cm³/mol. The Morgan fingerprint density at radius 2 is 2.00 bits per heavy atom. The zero-order valence-electron chi connectivity index (χ0n) is 16.4. The van der Waals surface area contributed by atoms with Crippen LogP contribution < -0.4 is 5.73 Å². The lowest BCUT2D eigenvalue weighted by Gasteiger charge is -2.43. The summed E-state index contributed by atoms with van der Waals surface area (Å²) >= 11 is 0. The van der Waals surface area contributed by atoms with E-state index in [2.05, 4.69) is 19.1 Å². The van der Waals surface area contributed by atoms with Gasteiger partial charge in [0.25, 0.3) is 0 Å². The van der Waals surface area contributed by atoms with Crippen LogP contribution in [0.25, 0.3) is 0 Å². The Hall–Kier alpha value is -3.05. The molecule has 0 fully saturated rings. The minimum atomic E-state index is -1.73. The maximum absolute atomic E-state index is 13.1. The maximum atomic E-state index is 13.1. The number of allylic oxidation sites excluding steroid dienone is 3. The van der Waals surface area contributed by atoms with Gasteiger partial charge in [0, 0.05) is 5.92 Å². The molecule has 2 aliphatic carbocycles. The molecule has 2 N–H and O–H groups in total. The normalized spacial score (nSPS) is 26.9. The number of nitriles is 2. The van der Waals surface area contributed by atoms with Gasteiger partial charge in [-0.2, -0.15) is 10.5 Å². The van der Waals surface area contributed by atoms with Gasteiger partial charge in [-0.25, -0.2) is 4.79 Å². The lowest BCUT2D eigenvalue weighted by molar-refractivity contribution is -0.151. The van der Waals surface area contributed by atoms with Gasteiger partial charge in [-0.3, -0.25) is 0 Å². The van der Waals surface area contributed by atoms with E-state index in [-0.39, 0.29) is 17.9 Å². The summed E-state index contributed by atoms with van der Waals surface area (Å²) in [5, 5.41) is 20.1.